The van der Waals surface area contributed by atoms with Gasteiger partial charge < -0.3 is 9.88 Å². The van der Waals surface area contributed by atoms with E-state index in [1.54, 1.807) is 10.6 Å². The van der Waals surface area contributed by atoms with Crippen molar-refractivity contribution in [3.05, 3.63) is 33.2 Å². The van der Waals surface area contributed by atoms with Crippen LogP contribution in [0.4, 0.5) is 0 Å². The number of nitrogens with one attached hydrogen (secondary N) is 1. The van der Waals surface area contributed by atoms with Gasteiger partial charge in [-0.25, -0.2) is 0 Å². The van der Waals surface area contributed by atoms with E-state index in [1.165, 1.54) is 12.8 Å². The number of hydrogen-bond acceptors (Lipinski definition) is 2. The van der Waals surface area contributed by atoms with Crippen LogP contribution in [-0.2, 0) is 6.54 Å². The third kappa shape index (κ3) is 2.07. The van der Waals surface area contributed by atoms with Crippen molar-refractivity contribution < 1.29 is 0 Å². The van der Waals surface area contributed by atoms with Crippen LogP contribution in [0.5, 0.6) is 0 Å². The van der Waals surface area contributed by atoms with Gasteiger partial charge in [-0.1, -0.05) is 0 Å². The van der Waals surface area contributed by atoms with Crippen LogP contribution in [0.25, 0.3) is 0 Å². The van der Waals surface area contributed by atoms with Crippen LogP contribution >= 0.6 is 15.9 Å². The Kier molecular flexibility index (Phi) is 3.03. The molecule has 1 aliphatic heterocycles. The van der Waals surface area contributed by atoms with Crippen molar-refractivity contribution in [2.24, 2.45) is 0 Å². The molecule has 0 bridgehead atoms. The lowest BCUT2D eigenvalue weighted by atomic mass is 10.2. The molecule has 0 aromatic carbocycles. The van der Waals surface area contributed by atoms with Crippen molar-refractivity contribution in [1.29, 1.82) is 0 Å². The SMILES string of the molecule is O=c1c(Br)cccn1C[C@@H]1CCCN1. The quantitative estimate of drug-likeness (QED) is 0.868. The average molecular weight is 257 g/mol. The fraction of sp³-hybridized carbons (Fsp3) is 0.500. The van der Waals surface area contributed by atoms with Crippen molar-refractivity contribution >= 4 is 15.9 Å². The van der Waals surface area contributed by atoms with Gasteiger partial charge >= 0.3 is 0 Å². The average Bonchev–Trinajstić information content (AvgIpc) is 2.66. The fourth-order valence-corrected chi connectivity index (χ4v) is 2.18. The third-order valence-corrected chi connectivity index (χ3v) is 3.16. The number of aromatic nitrogens is 1. The van der Waals surface area contributed by atoms with E-state index in [0.717, 1.165) is 13.1 Å². The van der Waals surface area contributed by atoms with Gasteiger partial charge in [-0.3, -0.25) is 4.79 Å². The first-order valence-corrected chi connectivity index (χ1v) is 5.65. The molecule has 1 saturated heterocycles. The molecule has 0 unspecified atom stereocenters. The van der Waals surface area contributed by atoms with E-state index in [0.29, 0.717) is 10.5 Å². The summed E-state index contributed by atoms with van der Waals surface area (Å²) in [6, 6.07) is 4.13. The van der Waals surface area contributed by atoms with Gasteiger partial charge in [-0.05, 0) is 47.4 Å². The molecule has 2 rings (SSSR count). The molecule has 1 aromatic heterocycles. The number of nitrogens with zero attached hydrogens (tertiary/aromatic N) is 1. The predicted octanol–water partition coefficient (Wildman–Crippen LogP) is 1.36. The number of halogens is 1. The van der Waals surface area contributed by atoms with Gasteiger partial charge in [-0.15, -0.1) is 0 Å². The zero-order valence-corrected chi connectivity index (χ0v) is 9.46. The molecule has 0 amide bonds. The normalized spacial score (nSPS) is 21.4. The molecule has 1 N–H and O–H groups in total. The lowest BCUT2D eigenvalue weighted by molar-refractivity contribution is 0.498. The lowest BCUT2D eigenvalue weighted by Gasteiger charge is -2.12. The fourth-order valence-electron chi connectivity index (χ4n) is 1.80. The van der Waals surface area contributed by atoms with Gasteiger partial charge in [0, 0.05) is 18.8 Å². The van der Waals surface area contributed by atoms with Crippen LogP contribution < -0.4 is 10.9 Å². The maximum atomic E-state index is 11.6. The standard InChI is InChI=1S/C10H13BrN2O/c11-9-4-2-6-13(10(9)14)7-8-3-1-5-12-8/h2,4,6,8,12H,1,3,5,7H2/t8-/m0/s1. The number of rotatable bonds is 2. The molecule has 0 spiro atoms. The number of pyridine rings is 1. The zero-order valence-electron chi connectivity index (χ0n) is 7.87. The third-order valence-electron chi connectivity index (χ3n) is 2.55. The summed E-state index contributed by atoms with van der Waals surface area (Å²) in [5.41, 5.74) is 0.0567. The topological polar surface area (TPSA) is 34.0 Å². The molecule has 0 radical (unpaired) electrons. The summed E-state index contributed by atoms with van der Waals surface area (Å²) >= 11 is 3.24. The van der Waals surface area contributed by atoms with Crippen LogP contribution in [0.2, 0.25) is 0 Å². The van der Waals surface area contributed by atoms with E-state index in [2.05, 4.69) is 21.2 Å². The van der Waals surface area contributed by atoms with Gasteiger partial charge in [0.2, 0.25) is 0 Å². The summed E-state index contributed by atoms with van der Waals surface area (Å²) in [5, 5.41) is 3.38. The first kappa shape index (κ1) is 9.93. The Bertz CT molecular complexity index is 369. The Morgan fingerprint density at radius 3 is 3.21 bits per heavy atom. The minimum atomic E-state index is 0.0567. The molecule has 76 valence electrons. The van der Waals surface area contributed by atoms with Crippen LogP contribution in [0.3, 0.4) is 0 Å². The lowest BCUT2D eigenvalue weighted by Crippen LogP contribution is -2.32. The second-order valence-electron chi connectivity index (χ2n) is 3.61. The Balaban J connectivity index is 2.16. The van der Waals surface area contributed by atoms with Crippen molar-refractivity contribution in [3.8, 4) is 0 Å². The highest BCUT2D eigenvalue weighted by Crippen LogP contribution is 2.07. The predicted molar refractivity (Wildman–Crippen MR) is 59.4 cm³/mol. The van der Waals surface area contributed by atoms with E-state index < -0.39 is 0 Å². The second kappa shape index (κ2) is 4.28. The van der Waals surface area contributed by atoms with Gasteiger partial charge in [0.15, 0.2) is 0 Å². The zero-order chi connectivity index (χ0) is 9.97. The molecule has 1 aromatic rings. The van der Waals surface area contributed by atoms with Crippen LogP contribution in [0.1, 0.15) is 12.8 Å². The Morgan fingerprint density at radius 1 is 1.64 bits per heavy atom. The molecule has 2 heterocycles. The largest absolute Gasteiger partial charge is 0.313 e. The minimum absolute atomic E-state index is 0.0567. The molecule has 14 heavy (non-hydrogen) atoms. The molecule has 1 atom stereocenters. The highest BCUT2D eigenvalue weighted by atomic mass is 79.9. The Morgan fingerprint density at radius 2 is 2.50 bits per heavy atom. The minimum Gasteiger partial charge on any atom is -0.313 e. The van der Waals surface area contributed by atoms with E-state index in [9.17, 15) is 4.79 Å². The summed E-state index contributed by atoms with van der Waals surface area (Å²) in [6.07, 6.45) is 4.22. The van der Waals surface area contributed by atoms with Gasteiger partial charge in [0.1, 0.15) is 0 Å². The maximum absolute atomic E-state index is 11.6. The Labute approximate surface area is 91.3 Å². The summed E-state index contributed by atoms with van der Waals surface area (Å²) in [4.78, 5) is 11.6. The smallest absolute Gasteiger partial charge is 0.264 e. The van der Waals surface area contributed by atoms with E-state index in [4.69, 9.17) is 0 Å². The van der Waals surface area contributed by atoms with Gasteiger partial charge in [0.05, 0.1) is 4.47 Å². The number of hydrogen-bond donors (Lipinski definition) is 1. The van der Waals surface area contributed by atoms with Gasteiger partial charge in [0.25, 0.3) is 5.56 Å². The summed E-state index contributed by atoms with van der Waals surface area (Å²) < 4.78 is 2.39. The summed E-state index contributed by atoms with van der Waals surface area (Å²) in [7, 11) is 0. The summed E-state index contributed by atoms with van der Waals surface area (Å²) in [6.45, 7) is 1.85. The second-order valence-corrected chi connectivity index (χ2v) is 4.46. The molecule has 0 saturated carbocycles. The van der Waals surface area contributed by atoms with Crippen molar-refractivity contribution in [1.82, 2.24) is 9.88 Å². The van der Waals surface area contributed by atoms with Gasteiger partial charge in [-0.2, -0.15) is 0 Å². The maximum Gasteiger partial charge on any atom is 0.264 e. The first-order chi connectivity index (χ1) is 6.77. The highest BCUT2D eigenvalue weighted by Gasteiger charge is 2.14. The summed E-state index contributed by atoms with van der Waals surface area (Å²) in [5.74, 6) is 0. The van der Waals surface area contributed by atoms with Crippen LogP contribution in [0.15, 0.2) is 27.6 Å². The molecular formula is C10H13BrN2O. The molecular weight excluding hydrogens is 244 g/mol. The van der Waals surface area contributed by atoms with E-state index in [-0.39, 0.29) is 5.56 Å². The van der Waals surface area contributed by atoms with Crippen molar-refractivity contribution in [2.45, 2.75) is 25.4 Å². The highest BCUT2D eigenvalue weighted by molar-refractivity contribution is 9.10. The van der Waals surface area contributed by atoms with Crippen molar-refractivity contribution in [2.75, 3.05) is 6.54 Å². The van der Waals surface area contributed by atoms with Crippen LogP contribution in [0, 0.1) is 0 Å². The molecule has 0 aliphatic carbocycles. The van der Waals surface area contributed by atoms with E-state index in [1.807, 2.05) is 12.3 Å². The van der Waals surface area contributed by atoms with E-state index >= 15 is 0 Å². The molecule has 1 aliphatic rings. The Hall–Kier alpha value is -0.610. The van der Waals surface area contributed by atoms with Crippen molar-refractivity contribution in [3.63, 3.8) is 0 Å². The first-order valence-electron chi connectivity index (χ1n) is 4.86. The molecule has 3 nitrogen and oxygen atoms in total. The molecule has 1 fully saturated rings. The monoisotopic (exact) mass is 256 g/mol. The van der Waals surface area contributed by atoms with Crippen LogP contribution in [-0.4, -0.2) is 17.2 Å². The molecule has 4 heteroatoms.